The van der Waals surface area contributed by atoms with Crippen LogP contribution in [0.1, 0.15) is 143 Å². The number of rotatable bonds is 13. The van der Waals surface area contributed by atoms with Crippen molar-refractivity contribution in [2.24, 2.45) is 0 Å². The van der Waals surface area contributed by atoms with Gasteiger partial charge in [0.15, 0.2) is 0 Å². The van der Waals surface area contributed by atoms with Gasteiger partial charge in [-0.15, -0.1) is 0 Å². The van der Waals surface area contributed by atoms with Gasteiger partial charge in [0.25, 0.3) is 0 Å². The molecule has 2 aliphatic carbocycles. The molecule has 2 aliphatic rings. The van der Waals surface area contributed by atoms with Gasteiger partial charge in [0.05, 0.1) is 29.0 Å². The molecule has 0 N–H and O–H groups in total. The molecule has 0 amide bonds. The van der Waals surface area contributed by atoms with Gasteiger partial charge in [-0.25, -0.2) is 0 Å². The van der Waals surface area contributed by atoms with Crippen LogP contribution in [0.15, 0.2) is 170 Å². The molecule has 0 atom stereocenters. The van der Waals surface area contributed by atoms with Gasteiger partial charge in [-0.05, 0) is 177 Å². The molecule has 0 unspecified atom stereocenters. The Kier molecular flexibility index (Phi) is 20.8. The summed E-state index contributed by atoms with van der Waals surface area (Å²) >= 11 is 0. The highest BCUT2D eigenvalue weighted by molar-refractivity contribution is 5.95. The van der Waals surface area contributed by atoms with Crippen LogP contribution in [-0.4, -0.2) is 0 Å². The number of hydrogen-bond acceptors (Lipinski definition) is 3. The summed E-state index contributed by atoms with van der Waals surface area (Å²) in [6, 6.07) is 25.2. The maximum atomic E-state index is 9.75. The minimum absolute atomic E-state index is 0.198. The first-order valence-electron chi connectivity index (χ1n) is 23.8. The van der Waals surface area contributed by atoms with Crippen LogP contribution in [0, 0.1) is 50.4 Å². The maximum Gasteiger partial charge on any atom is 0.0995 e. The Labute approximate surface area is 406 Å². The third kappa shape index (κ3) is 12.5. The predicted octanol–water partition coefficient (Wildman–Crippen LogP) is 18.7. The van der Waals surface area contributed by atoms with E-state index in [9.17, 15) is 5.26 Å². The van der Waals surface area contributed by atoms with Gasteiger partial charge in [-0.1, -0.05) is 164 Å². The quantitative estimate of drug-likeness (QED) is 0.126. The van der Waals surface area contributed by atoms with Crippen molar-refractivity contribution >= 4 is 23.5 Å². The summed E-state index contributed by atoms with van der Waals surface area (Å²) in [5.41, 5.74) is 22.5. The maximum absolute atomic E-state index is 9.75. The lowest BCUT2D eigenvalue weighted by atomic mass is 9.80. The molecule has 346 valence electrons. The smallest absolute Gasteiger partial charge is 0.0995 e. The third-order valence-corrected chi connectivity index (χ3v) is 12.6. The van der Waals surface area contributed by atoms with E-state index < -0.39 is 0 Å². The van der Waals surface area contributed by atoms with Gasteiger partial charge >= 0.3 is 0 Å². The zero-order valence-electron chi connectivity index (χ0n) is 42.9. The number of nitrogens with zero attached hydrogens (tertiary/aromatic N) is 3. The predicted molar refractivity (Wildman–Crippen MR) is 295 cm³/mol. The number of fused-ring (bicyclic) bond motifs is 3. The molecule has 0 bridgehead atoms. The topological polar surface area (TPSA) is 50.8 Å². The Morgan fingerprint density at radius 2 is 1.39 bits per heavy atom. The fraction of sp³-hybridized carbons (Fsp3) is 0.281. The average molecular weight is 886 g/mol. The van der Waals surface area contributed by atoms with Gasteiger partial charge in [0.2, 0.25) is 0 Å². The molecule has 4 aromatic carbocycles. The second-order valence-electron chi connectivity index (χ2n) is 17.4. The highest BCUT2D eigenvalue weighted by atomic mass is 15.1. The van der Waals surface area contributed by atoms with Crippen molar-refractivity contribution in [1.29, 1.82) is 10.5 Å². The number of benzene rings is 4. The molecule has 0 aromatic heterocycles. The first-order valence-corrected chi connectivity index (χ1v) is 23.8. The standard InChI is InChI=1S/C34H32N2.C19H28.C9H9N.C2H6/c1-9-13-25(10-2)36(26-16-15-23(6)24(19-26)21-35)32-20-31-33(28(12-4)27(32)11-3)29-17-14-22(5)18-30(29)34(31,7)8;1-6-9-13-18-16(5)12-10-14-19(18)17(11-7-2)15(4)8-3;1-7-3-4-8(2)9(5-7)6-10;1-2/h9-20H,1-4H2,5-8H3;7-8,11-12H,3,6,9-10,13-14H2,1-2,4-5H3;3-5H,1-2H3;1-2H3/b25-13+;11-7-,17-15+;;. The molecule has 3 nitrogen and oxygen atoms in total. The van der Waals surface area contributed by atoms with E-state index in [0.717, 1.165) is 50.5 Å². The number of hydrogen-bond donors (Lipinski definition) is 0. The average Bonchev–Trinajstić information content (AvgIpc) is 3.55. The molecular formula is C64H75N3. The second-order valence-corrected chi connectivity index (χ2v) is 17.4. The van der Waals surface area contributed by atoms with E-state index in [1.807, 2.05) is 101 Å². The van der Waals surface area contributed by atoms with Crippen molar-refractivity contribution in [2.45, 2.75) is 121 Å². The van der Waals surface area contributed by atoms with Crippen LogP contribution in [-0.2, 0) is 5.41 Å². The Morgan fingerprint density at radius 1 is 0.776 bits per heavy atom. The van der Waals surface area contributed by atoms with Crippen LogP contribution in [0.3, 0.4) is 0 Å². The molecule has 0 fully saturated rings. The van der Waals surface area contributed by atoms with Crippen LogP contribution in [0.5, 0.6) is 0 Å². The summed E-state index contributed by atoms with van der Waals surface area (Å²) in [7, 11) is 0. The van der Waals surface area contributed by atoms with Gasteiger partial charge in [0, 0.05) is 22.4 Å². The number of nitriles is 2. The van der Waals surface area contributed by atoms with Gasteiger partial charge in [0.1, 0.15) is 0 Å². The van der Waals surface area contributed by atoms with E-state index in [1.54, 1.807) is 17.2 Å². The normalized spacial score (nSPS) is 13.5. The van der Waals surface area contributed by atoms with E-state index in [0.29, 0.717) is 5.56 Å². The van der Waals surface area contributed by atoms with Crippen LogP contribution in [0.4, 0.5) is 11.4 Å². The zero-order valence-corrected chi connectivity index (χ0v) is 42.9. The van der Waals surface area contributed by atoms with Gasteiger partial charge in [-0.2, -0.15) is 10.5 Å². The Balaban J connectivity index is 0.000000318. The summed E-state index contributed by atoms with van der Waals surface area (Å²) in [5, 5.41) is 18.3. The van der Waals surface area contributed by atoms with Crippen molar-refractivity contribution in [3.05, 3.63) is 225 Å². The number of anilines is 2. The van der Waals surface area contributed by atoms with E-state index in [-0.39, 0.29) is 5.41 Å². The van der Waals surface area contributed by atoms with E-state index >= 15 is 0 Å². The lowest BCUT2D eigenvalue weighted by Gasteiger charge is -2.31. The minimum atomic E-state index is -0.198. The second kappa shape index (κ2) is 25.7. The molecule has 67 heavy (non-hydrogen) atoms. The SMILES string of the molecule is C=C/C(C)=C(\C=C/C)C1=C(CCCC)C(C)=CCC1.C=C/C=C(\C=C)N(c1ccc(C)c(C#N)c1)c1cc2c(c(C=C)c1C=C)-c1ccc(C)cc1C2(C)C.CC.Cc1ccc(C)c(C#N)c1. The summed E-state index contributed by atoms with van der Waals surface area (Å²) in [6.45, 7) is 45.7. The zero-order chi connectivity index (χ0) is 50.0. The fourth-order valence-electron chi connectivity index (χ4n) is 8.84. The summed E-state index contributed by atoms with van der Waals surface area (Å²) < 4.78 is 0. The molecule has 3 heteroatoms. The van der Waals surface area contributed by atoms with Crippen LogP contribution < -0.4 is 4.90 Å². The molecule has 0 spiro atoms. The number of unbranched alkanes of at least 4 members (excludes halogenated alkanes) is 1. The lowest BCUT2D eigenvalue weighted by molar-refractivity contribution is 0.659. The Bertz CT molecular complexity index is 2740. The van der Waals surface area contributed by atoms with Crippen molar-refractivity contribution in [3.8, 4) is 23.3 Å². The van der Waals surface area contributed by atoms with Crippen LogP contribution in [0.25, 0.3) is 23.3 Å². The van der Waals surface area contributed by atoms with Crippen molar-refractivity contribution in [1.82, 2.24) is 0 Å². The number of aryl methyl sites for hydroxylation is 4. The Morgan fingerprint density at radius 3 is 1.94 bits per heavy atom. The monoisotopic (exact) mass is 886 g/mol. The van der Waals surface area contributed by atoms with Crippen molar-refractivity contribution in [2.75, 3.05) is 4.90 Å². The molecule has 0 saturated heterocycles. The molecule has 0 aliphatic heterocycles. The van der Waals surface area contributed by atoms with Gasteiger partial charge in [-0.3, -0.25) is 0 Å². The van der Waals surface area contributed by atoms with Gasteiger partial charge < -0.3 is 4.90 Å². The molecule has 6 rings (SSSR count). The van der Waals surface area contributed by atoms with Crippen molar-refractivity contribution in [3.63, 3.8) is 0 Å². The summed E-state index contributed by atoms with van der Waals surface area (Å²) in [5.74, 6) is 0. The highest BCUT2D eigenvalue weighted by Crippen LogP contribution is 2.54. The van der Waals surface area contributed by atoms with E-state index in [4.69, 9.17) is 5.26 Å². The van der Waals surface area contributed by atoms with E-state index in [1.165, 1.54) is 76.6 Å². The Hall–Kier alpha value is -6.94. The molecule has 0 heterocycles. The number of allylic oxidation sites excluding steroid dienone is 12. The summed E-state index contributed by atoms with van der Waals surface area (Å²) in [6.07, 6.45) is 24.2. The molecular weight excluding hydrogens is 811 g/mol. The first kappa shape index (κ1) is 54.4. The largest absolute Gasteiger partial charge is 0.310 e. The minimum Gasteiger partial charge on any atom is -0.310 e. The summed E-state index contributed by atoms with van der Waals surface area (Å²) in [4.78, 5) is 2.13. The van der Waals surface area contributed by atoms with Crippen LogP contribution >= 0.6 is 0 Å². The first-order chi connectivity index (χ1) is 32.1. The van der Waals surface area contributed by atoms with Crippen LogP contribution in [0.2, 0.25) is 0 Å². The highest BCUT2D eigenvalue weighted by Gasteiger charge is 2.38. The molecule has 4 aromatic rings. The van der Waals surface area contributed by atoms with Crippen molar-refractivity contribution < 1.29 is 0 Å². The third-order valence-electron chi connectivity index (χ3n) is 12.6. The lowest BCUT2D eigenvalue weighted by Crippen LogP contribution is -2.20. The fourth-order valence-corrected chi connectivity index (χ4v) is 8.84. The molecule has 0 radical (unpaired) electrons. The molecule has 0 saturated carbocycles. The van der Waals surface area contributed by atoms with E-state index in [2.05, 4.69) is 141 Å².